The number of alkyl halides is 6. The van der Waals surface area contributed by atoms with Crippen molar-refractivity contribution in [2.24, 2.45) is 0 Å². The van der Waals surface area contributed by atoms with Crippen LogP contribution < -0.4 is 4.90 Å². The molecule has 0 fully saturated rings. The summed E-state index contributed by atoms with van der Waals surface area (Å²) in [6.45, 7) is -0.327. The maximum absolute atomic E-state index is 12.3. The minimum Gasteiger partial charge on any atom is -0.350 e. The van der Waals surface area contributed by atoms with Crippen LogP contribution in [0.1, 0.15) is 5.56 Å². The first kappa shape index (κ1) is 15.1. The van der Waals surface area contributed by atoms with E-state index in [1.165, 1.54) is 4.90 Å². The van der Waals surface area contributed by atoms with Gasteiger partial charge in [0.05, 0.1) is 12.1 Å². The van der Waals surface area contributed by atoms with Gasteiger partial charge in [-0.1, -0.05) is 15.9 Å². The van der Waals surface area contributed by atoms with Crippen LogP contribution in [0.5, 0.6) is 0 Å². The number of nitrogens with zero attached hydrogens (tertiary/aromatic N) is 2. The van der Waals surface area contributed by atoms with Crippen LogP contribution in [-0.4, -0.2) is 29.8 Å². The Hall–Kier alpha value is -0.920. The van der Waals surface area contributed by atoms with E-state index in [2.05, 4.69) is 20.9 Å². The average molecular weight is 333 g/mol. The van der Waals surface area contributed by atoms with Crippen LogP contribution >= 0.6 is 15.9 Å². The Bertz CT molecular complexity index is 366. The molecule has 0 N–H and O–H groups in total. The highest BCUT2D eigenvalue weighted by Crippen LogP contribution is 2.29. The molecule has 0 aliphatic rings. The highest BCUT2D eigenvalue weighted by atomic mass is 79.9. The number of halogens is 6. The minimum atomic E-state index is -4.48. The Morgan fingerprint density at radius 3 is 2.33 bits per heavy atom. The van der Waals surface area contributed by atoms with E-state index in [0.717, 1.165) is 12.1 Å². The fourth-order valence-corrected chi connectivity index (χ4v) is 1.74. The third-order valence-electron chi connectivity index (χ3n) is 2.11. The predicted molar refractivity (Wildman–Crippen MR) is 61.3 cm³/mol. The number of aromatic nitrogens is 1. The fraction of sp³-hybridized carbons (Fsp3) is 0.500. The van der Waals surface area contributed by atoms with Crippen molar-refractivity contribution in [1.29, 1.82) is 0 Å². The minimum absolute atomic E-state index is 0.0998. The van der Waals surface area contributed by atoms with Crippen molar-refractivity contribution in [1.82, 2.24) is 4.98 Å². The lowest BCUT2D eigenvalue weighted by Gasteiger charge is -2.22. The number of hydrogen-bond acceptors (Lipinski definition) is 2. The lowest BCUT2D eigenvalue weighted by atomic mass is 10.2. The van der Waals surface area contributed by atoms with E-state index in [9.17, 15) is 22.0 Å². The molecule has 0 atom stereocenters. The number of anilines is 1. The van der Waals surface area contributed by atoms with Crippen LogP contribution in [0.4, 0.5) is 27.8 Å². The molecule has 0 amide bonds. The zero-order valence-corrected chi connectivity index (χ0v) is 10.7. The Kier molecular flexibility index (Phi) is 5.30. The van der Waals surface area contributed by atoms with E-state index < -0.39 is 24.7 Å². The molecule has 0 radical (unpaired) electrons. The van der Waals surface area contributed by atoms with Crippen LogP contribution in [0.15, 0.2) is 18.3 Å². The summed E-state index contributed by atoms with van der Waals surface area (Å²) in [6.07, 6.45) is -6.41. The first-order chi connectivity index (χ1) is 8.34. The largest absolute Gasteiger partial charge is 0.417 e. The summed E-state index contributed by atoms with van der Waals surface area (Å²) in [5.41, 5.74) is -0.901. The number of hydrogen-bond donors (Lipinski definition) is 0. The van der Waals surface area contributed by atoms with Crippen molar-refractivity contribution < 1.29 is 22.0 Å². The van der Waals surface area contributed by atoms with Gasteiger partial charge in [0, 0.05) is 18.1 Å². The van der Waals surface area contributed by atoms with Crippen LogP contribution in [0.2, 0.25) is 0 Å². The molecule has 18 heavy (non-hydrogen) atoms. The molecule has 0 saturated heterocycles. The van der Waals surface area contributed by atoms with Crippen molar-refractivity contribution in [2.75, 3.05) is 23.3 Å². The molecule has 1 heterocycles. The van der Waals surface area contributed by atoms with Gasteiger partial charge >= 0.3 is 6.18 Å². The summed E-state index contributed by atoms with van der Waals surface area (Å²) in [5.74, 6) is 0.0998. The zero-order valence-electron chi connectivity index (χ0n) is 9.09. The van der Waals surface area contributed by atoms with Gasteiger partial charge in [0.1, 0.15) is 5.82 Å². The van der Waals surface area contributed by atoms with Gasteiger partial charge in [0.15, 0.2) is 0 Å². The SMILES string of the molecule is FC(F)CN(CCBr)c1ccc(C(F)(F)F)cn1. The van der Waals surface area contributed by atoms with Gasteiger partial charge in [0.2, 0.25) is 0 Å². The second-order valence-corrected chi connectivity index (χ2v) is 4.22. The molecule has 1 aromatic heterocycles. The maximum atomic E-state index is 12.3. The molecule has 0 aromatic carbocycles. The molecular weight excluding hydrogens is 323 g/mol. The molecule has 102 valence electrons. The molecule has 0 unspecified atom stereocenters. The quantitative estimate of drug-likeness (QED) is 0.605. The normalized spacial score (nSPS) is 11.9. The molecule has 0 saturated carbocycles. The van der Waals surface area contributed by atoms with Gasteiger partial charge < -0.3 is 4.90 Å². The molecule has 2 nitrogen and oxygen atoms in total. The predicted octanol–water partition coefficient (Wildman–Crippen LogP) is 3.57. The Labute approximate surface area is 109 Å². The van der Waals surface area contributed by atoms with E-state index in [1.54, 1.807) is 0 Å². The average Bonchev–Trinajstić information content (AvgIpc) is 2.27. The Morgan fingerprint density at radius 2 is 1.94 bits per heavy atom. The maximum Gasteiger partial charge on any atom is 0.417 e. The van der Waals surface area contributed by atoms with Crippen LogP contribution in [-0.2, 0) is 6.18 Å². The first-order valence-electron chi connectivity index (χ1n) is 4.97. The highest BCUT2D eigenvalue weighted by Gasteiger charge is 2.30. The van der Waals surface area contributed by atoms with Crippen molar-refractivity contribution in [3.63, 3.8) is 0 Å². The molecular formula is C10H10BrF5N2. The molecule has 0 bridgehead atoms. The van der Waals surface area contributed by atoms with E-state index in [0.29, 0.717) is 11.5 Å². The molecule has 0 aliphatic heterocycles. The summed E-state index contributed by atoms with van der Waals surface area (Å²) < 4.78 is 61.5. The third kappa shape index (κ3) is 4.40. The second kappa shape index (κ2) is 6.31. The van der Waals surface area contributed by atoms with Crippen LogP contribution in [0.25, 0.3) is 0 Å². The summed E-state index contributed by atoms with van der Waals surface area (Å²) in [7, 11) is 0. The fourth-order valence-electron chi connectivity index (χ4n) is 1.31. The smallest absolute Gasteiger partial charge is 0.350 e. The van der Waals surface area contributed by atoms with Gasteiger partial charge in [-0.25, -0.2) is 13.8 Å². The van der Waals surface area contributed by atoms with Crippen molar-refractivity contribution >= 4 is 21.7 Å². The van der Waals surface area contributed by atoms with E-state index in [1.807, 2.05) is 0 Å². The summed E-state index contributed by atoms with van der Waals surface area (Å²) in [4.78, 5) is 4.79. The second-order valence-electron chi connectivity index (χ2n) is 3.43. The molecule has 0 aliphatic carbocycles. The standard InChI is InChI=1S/C10H10BrF5N2/c11-3-4-18(6-8(12)13)9-2-1-7(5-17-9)10(14,15)16/h1-2,5,8H,3-4,6H2. The van der Waals surface area contributed by atoms with E-state index in [-0.39, 0.29) is 12.4 Å². The van der Waals surface area contributed by atoms with Gasteiger partial charge in [-0.15, -0.1) is 0 Å². The monoisotopic (exact) mass is 332 g/mol. The van der Waals surface area contributed by atoms with Crippen molar-refractivity contribution in [2.45, 2.75) is 12.6 Å². The highest BCUT2D eigenvalue weighted by molar-refractivity contribution is 9.09. The lowest BCUT2D eigenvalue weighted by Crippen LogP contribution is -2.31. The first-order valence-corrected chi connectivity index (χ1v) is 6.09. The van der Waals surface area contributed by atoms with Gasteiger partial charge in [-0.2, -0.15) is 13.2 Å². The van der Waals surface area contributed by atoms with Crippen LogP contribution in [0.3, 0.4) is 0 Å². The van der Waals surface area contributed by atoms with E-state index >= 15 is 0 Å². The number of pyridine rings is 1. The summed E-state index contributed by atoms with van der Waals surface area (Å²) in [5, 5.41) is 0.419. The zero-order chi connectivity index (χ0) is 13.8. The number of rotatable bonds is 5. The molecule has 1 aromatic rings. The molecule has 0 spiro atoms. The van der Waals surface area contributed by atoms with Gasteiger partial charge in [0.25, 0.3) is 6.43 Å². The van der Waals surface area contributed by atoms with Crippen molar-refractivity contribution in [3.8, 4) is 0 Å². The summed E-state index contributed by atoms with van der Waals surface area (Å²) in [6, 6.07) is 1.92. The van der Waals surface area contributed by atoms with E-state index in [4.69, 9.17) is 0 Å². The summed E-state index contributed by atoms with van der Waals surface area (Å²) >= 11 is 3.09. The third-order valence-corrected chi connectivity index (χ3v) is 2.47. The Morgan fingerprint density at radius 1 is 1.28 bits per heavy atom. The van der Waals surface area contributed by atoms with Crippen molar-refractivity contribution in [3.05, 3.63) is 23.9 Å². The van der Waals surface area contributed by atoms with Crippen LogP contribution in [0, 0.1) is 0 Å². The molecule has 8 heteroatoms. The molecule has 1 rings (SSSR count). The lowest BCUT2D eigenvalue weighted by molar-refractivity contribution is -0.137. The van der Waals surface area contributed by atoms with Gasteiger partial charge in [-0.05, 0) is 12.1 Å². The Balaban J connectivity index is 2.86. The topological polar surface area (TPSA) is 16.1 Å². The van der Waals surface area contributed by atoms with Gasteiger partial charge in [-0.3, -0.25) is 0 Å².